The fraction of sp³-hybridized carbons (Fsp3) is 0.0909. The van der Waals surface area contributed by atoms with E-state index in [9.17, 15) is 4.39 Å². The van der Waals surface area contributed by atoms with Gasteiger partial charge >= 0.3 is 0 Å². The molecule has 1 heterocycles. The standard InChI is InChI=1S/C11H6Cl3FN2O/c1-18-7-3-2-5(4-6(7)12)11-16-9(13)8(15)10(14)17-11/h2-4H,1H3. The number of halogens is 4. The molecule has 0 aliphatic rings. The fourth-order valence-corrected chi connectivity index (χ4v) is 1.97. The molecule has 2 aromatic rings. The zero-order chi connectivity index (χ0) is 13.3. The van der Waals surface area contributed by atoms with Crippen molar-refractivity contribution in [3.05, 3.63) is 39.3 Å². The molecule has 1 aromatic carbocycles. The first-order valence-corrected chi connectivity index (χ1v) is 5.88. The average molecular weight is 308 g/mol. The average Bonchev–Trinajstić information content (AvgIpc) is 2.35. The van der Waals surface area contributed by atoms with Crippen LogP contribution in [0.3, 0.4) is 0 Å². The van der Waals surface area contributed by atoms with Crippen LogP contribution in [0.2, 0.25) is 15.3 Å². The molecule has 0 atom stereocenters. The number of rotatable bonds is 2. The zero-order valence-corrected chi connectivity index (χ0v) is 11.3. The van der Waals surface area contributed by atoms with Crippen molar-refractivity contribution in [3.8, 4) is 17.1 Å². The van der Waals surface area contributed by atoms with Crippen LogP contribution in [0.1, 0.15) is 0 Å². The Hall–Kier alpha value is -1.10. The highest BCUT2D eigenvalue weighted by atomic mass is 35.5. The van der Waals surface area contributed by atoms with Crippen LogP contribution >= 0.6 is 34.8 Å². The molecule has 0 N–H and O–H groups in total. The van der Waals surface area contributed by atoms with E-state index < -0.39 is 5.82 Å². The van der Waals surface area contributed by atoms with Crippen LogP contribution < -0.4 is 4.74 Å². The van der Waals surface area contributed by atoms with Crippen LogP contribution in [0.5, 0.6) is 5.75 Å². The Labute approximate surface area is 117 Å². The zero-order valence-electron chi connectivity index (χ0n) is 9.05. The molecule has 0 fully saturated rings. The molecule has 94 valence electrons. The van der Waals surface area contributed by atoms with Crippen LogP contribution in [0.15, 0.2) is 18.2 Å². The number of hydrogen-bond acceptors (Lipinski definition) is 3. The summed E-state index contributed by atoms with van der Waals surface area (Å²) in [4.78, 5) is 7.59. The third-order valence-electron chi connectivity index (χ3n) is 2.18. The van der Waals surface area contributed by atoms with Gasteiger partial charge in [-0.05, 0) is 18.2 Å². The van der Waals surface area contributed by atoms with E-state index in [2.05, 4.69) is 9.97 Å². The maximum Gasteiger partial charge on any atom is 0.197 e. The van der Waals surface area contributed by atoms with E-state index >= 15 is 0 Å². The minimum absolute atomic E-state index is 0.191. The highest BCUT2D eigenvalue weighted by Gasteiger charge is 2.13. The number of hydrogen-bond donors (Lipinski definition) is 0. The molecule has 2 rings (SSSR count). The SMILES string of the molecule is COc1ccc(-c2nc(Cl)c(F)c(Cl)n2)cc1Cl. The number of aromatic nitrogens is 2. The quantitative estimate of drug-likeness (QED) is 0.778. The summed E-state index contributed by atoms with van der Waals surface area (Å²) >= 11 is 17.2. The van der Waals surface area contributed by atoms with E-state index in [0.717, 1.165) is 0 Å². The number of methoxy groups -OCH3 is 1. The molecule has 0 aliphatic carbocycles. The van der Waals surface area contributed by atoms with Crippen molar-refractivity contribution in [1.29, 1.82) is 0 Å². The first kappa shape index (κ1) is 13.3. The summed E-state index contributed by atoms with van der Waals surface area (Å²) < 4.78 is 18.2. The van der Waals surface area contributed by atoms with Crippen molar-refractivity contribution in [1.82, 2.24) is 9.97 Å². The third-order valence-corrected chi connectivity index (χ3v) is 2.98. The number of benzene rings is 1. The van der Waals surface area contributed by atoms with Crippen molar-refractivity contribution in [2.45, 2.75) is 0 Å². The second-order valence-electron chi connectivity index (χ2n) is 3.29. The Morgan fingerprint density at radius 3 is 2.22 bits per heavy atom. The van der Waals surface area contributed by atoms with Gasteiger partial charge in [-0.15, -0.1) is 0 Å². The maximum atomic E-state index is 13.2. The summed E-state index contributed by atoms with van der Waals surface area (Å²) in [5, 5.41) is -0.288. The minimum Gasteiger partial charge on any atom is -0.495 e. The molecule has 18 heavy (non-hydrogen) atoms. The lowest BCUT2D eigenvalue weighted by molar-refractivity contribution is 0.415. The smallest absolute Gasteiger partial charge is 0.197 e. The molecule has 0 bridgehead atoms. The normalized spacial score (nSPS) is 10.5. The van der Waals surface area contributed by atoms with E-state index in [4.69, 9.17) is 39.5 Å². The van der Waals surface area contributed by atoms with Crippen molar-refractivity contribution in [2.24, 2.45) is 0 Å². The Kier molecular flexibility index (Phi) is 3.90. The van der Waals surface area contributed by atoms with Crippen molar-refractivity contribution >= 4 is 34.8 Å². The van der Waals surface area contributed by atoms with Gasteiger partial charge < -0.3 is 4.74 Å². The van der Waals surface area contributed by atoms with E-state index in [0.29, 0.717) is 16.3 Å². The number of nitrogens with zero attached hydrogens (tertiary/aromatic N) is 2. The van der Waals surface area contributed by atoms with E-state index in [1.165, 1.54) is 7.11 Å². The molecular formula is C11H6Cl3FN2O. The molecule has 0 saturated heterocycles. The summed E-state index contributed by atoms with van der Waals surface area (Å²) in [7, 11) is 1.50. The molecule has 1 aromatic heterocycles. The predicted molar refractivity (Wildman–Crippen MR) is 69.0 cm³/mol. The summed E-state index contributed by atoms with van der Waals surface area (Å²) in [5.74, 6) is -0.141. The van der Waals surface area contributed by atoms with Crippen LogP contribution in [-0.2, 0) is 0 Å². The summed E-state index contributed by atoms with van der Waals surface area (Å²) in [6.07, 6.45) is 0. The molecule has 3 nitrogen and oxygen atoms in total. The van der Waals surface area contributed by atoms with Gasteiger partial charge in [0.15, 0.2) is 21.9 Å². The largest absolute Gasteiger partial charge is 0.495 e. The molecule has 0 unspecified atom stereocenters. The Morgan fingerprint density at radius 2 is 1.72 bits per heavy atom. The van der Waals surface area contributed by atoms with Crippen molar-refractivity contribution in [3.63, 3.8) is 0 Å². The monoisotopic (exact) mass is 306 g/mol. The van der Waals surface area contributed by atoms with Crippen LogP contribution in [0.4, 0.5) is 4.39 Å². The first-order valence-electron chi connectivity index (χ1n) is 4.75. The Balaban J connectivity index is 2.52. The lowest BCUT2D eigenvalue weighted by Gasteiger charge is -2.06. The molecule has 0 saturated carbocycles. The topological polar surface area (TPSA) is 35.0 Å². The molecule has 0 aliphatic heterocycles. The van der Waals surface area contributed by atoms with Gasteiger partial charge in [-0.3, -0.25) is 0 Å². The maximum absolute atomic E-state index is 13.2. The summed E-state index contributed by atoms with van der Waals surface area (Å²) in [6, 6.07) is 4.90. The summed E-state index contributed by atoms with van der Waals surface area (Å²) in [6.45, 7) is 0. The molecule has 0 radical (unpaired) electrons. The second kappa shape index (κ2) is 5.26. The second-order valence-corrected chi connectivity index (χ2v) is 4.42. The molecule has 0 amide bonds. The fourth-order valence-electron chi connectivity index (χ4n) is 1.33. The first-order chi connectivity index (χ1) is 8.52. The lowest BCUT2D eigenvalue weighted by Crippen LogP contribution is -1.95. The van der Waals surface area contributed by atoms with Crippen LogP contribution in [-0.4, -0.2) is 17.1 Å². The third kappa shape index (κ3) is 2.51. The molecule has 7 heteroatoms. The Bertz CT molecular complexity index is 584. The molecule has 0 spiro atoms. The van der Waals surface area contributed by atoms with Gasteiger partial charge in [0.05, 0.1) is 12.1 Å². The highest BCUT2D eigenvalue weighted by Crippen LogP contribution is 2.30. The van der Waals surface area contributed by atoms with E-state index in [1.807, 2.05) is 0 Å². The lowest BCUT2D eigenvalue weighted by atomic mass is 10.2. The minimum atomic E-state index is -0.846. The summed E-state index contributed by atoms with van der Waals surface area (Å²) in [5.41, 5.74) is 0.560. The van der Waals surface area contributed by atoms with Crippen molar-refractivity contribution in [2.75, 3.05) is 7.11 Å². The van der Waals surface area contributed by atoms with Gasteiger partial charge in [0.2, 0.25) is 0 Å². The van der Waals surface area contributed by atoms with Crippen molar-refractivity contribution < 1.29 is 9.13 Å². The van der Waals surface area contributed by atoms with Gasteiger partial charge in [0.1, 0.15) is 5.75 Å². The van der Waals surface area contributed by atoms with E-state index in [1.54, 1.807) is 18.2 Å². The highest BCUT2D eigenvalue weighted by molar-refractivity contribution is 6.33. The van der Waals surface area contributed by atoms with Gasteiger partial charge in [-0.2, -0.15) is 0 Å². The van der Waals surface area contributed by atoms with E-state index in [-0.39, 0.29) is 16.1 Å². The predicted octanol–water partition coefficient (Wildman–Crippen LogP) is 4.25. The van der Waals surface area contributed by atoms with Gasteiger partial charge in [-0.25, -0.2) is 14.4 Å². The van der Waals surface area contributed by atoms with Gasteiger partial charge in [0, 0.05) is 5.56 Å². The van der Waals surface area contributed by atoms with Crippen LogP contribution in [0, 0.1) is 5.82 Å². The van der Waals surface area contributed by atoms with Gasteiger partial charge in [0.25, 0.3) is 0 Å². The number of ether oxygens (including phenoxy) is 1. The molecular weight excluding hydrogens is 301 g/mol. The van der Waals surface area contributed by atoms with Crippen LogP contribution in [0.25, 0.3) is 11.4 Å². The Morgan fingerprint density at radius 1 is 1.11 bits per heavy atom. The van der Waals surface area contributed by atoms with Gasteiger partial charge in [-0.1, -0.05) is 34.8 Å².